The van der Waals surface area contributed by atoms with Gasteiger partial charge in [-0.3, -0.25) is 4.98 Å². The highest BCUT2D eigenvalue weighted by molar-refractivity contribution is 9.10. The van der Waals surface area contributed by atoms with Crippen LogP contribution in [0.4, 0.5) is 5.82 Å². The summed E-state index contributed by atoms with van der Waals surface area (Å²) < 4.78 is 3.06. The first kappa shape index (κ1) is 15.8. The van der Waals surface area contributed by atoms with Crippen molar-refractivity contribution in [2.75, 3.05) is 5.73 Å². The highest BCUT2D eigenvalue weighted by Crippen LogP contribution is 2.34. The summed E-state index contributed by atoms with van der Waals surface area (Å²) in [5, 5.41) is 1.05. The first-order valence-electron chi connectivity index (χ1n) is 8.05. The molecule has 0 aliphatic rings. The molecule has 2 N–H and O–H groups in total. The summed E-state index contributed by atoms with van der Waals surface area (Å²) >= 11 is 3.59. The SMILES string of the molecule is Cc1nc(-c2ccc(Br)c3cccnc23)c(N)n1Cc1ccccc1. The zero-order valence-electron chi connectivity index (χ0n) is 13.8. The largest absolute Gasteiger partial charge is 0.383 e. The van der Waals surface area contributed by atoms with Crippen LogP contribution in [-0.4, -0.2) is 14.5 Å². The van der Waals surface area contributed by atoms with E-state index in [1.165, 1.54) is 5.56 Å². The molecule has 0 spiro atoms. The molecule has 0 saturated heterocycles. The molecule has 5 heteroatoms. The average Bonchev–Trinajstić information content (AvgIpc) is 2.91. The molecule has 4 aromatic rings. The molecule has 0 aliphatic heterocycles. The van der Waals surface area contributed by atoms with E-state index in [1.54, 1.807) is 6.20 Å². The van der Waals surface area contributed by atoms with Gasteiger partial charge in [-0.05, 0) is 30.7 Å². The van der Waals surface area contributed by atoms with Gasteiger partial charge in [0.25, 0.3) is 0 Å². The Balaban J connectivity index is 1.86. The van der Waals surface area contributed by atoms with Crippen LogP contribution >= 0.6 is 15.9 Å². The first-order valence-corrected chi connectivity index (χ1v) is 8.84. The number of fused-ring (bicyclic) bond motifs is 1. The van der Waals surface area contributed by atoms with Crippen LogP contribution in [-0.2, 0) is 6.54 Å². The Morgan fingerprint density at radius 2 is 1.84 bits per heavy atom. The van der Waals surface area contributed by atoms with E-state index in [2.05, 4.69) is 33.0 Å². The molecule has 0 unspecified atom stereocenters. The number of benzene rings is 2. The Hall–Kier alpha value is -2.66. The van der Waals surface area contributed by atoms with Crippen molar-refractivity contribution >= 4 is 32.7 Å². The maximum atomic E-state index is 6.47. The van der Waals surface area contributed by atoms with Gasteiger partial charge < -0.3 is 10.3 Å². The van der Waals surface area contributed by atoms with Crippen molar-refractivity contribution < 1.29 is 0 Å². The van der Waals surface area contributed by atoms with Gasteiger partial charge in [-0.25, -0.2) is 4.98 Å². The van der Waals surface area contributed by atoms with Crippen LogP contribution in [0.3, 0.4) is 0 Å². The Morgan fingerprint density at radius 1 is 1.04 bits per heavy atom. The standard InChI is InChI=1S/C20H17BrN4/c1-13-24-19(20(22)25(13)12-14-6-3-2-4-7-14)16-9-10-17(21)15-8-5-11-23-18(15)16/h2-11H,12,22H2,1H3. The molecular formula is C20H17BrN4. The number of aromatic nitrogens is 3. The summed E-state index contributed by atoms with van der Waals surface area (Å²) in [6.07, 6.45) is 1.79. The van der Waals surface area contributed by atoms with Crippen molar-refractivity contribution in [1.29, 1.82) is 0 Å². The molecule has 4 nitrogen and oxygen atoms in total. The van der Waals surface area contributed by atoms with Gasteiger partial charge in [0.2, 0.25) is 0 Å². The van der Waals surface area contributed by atoms with E-state index >= 15 is 0 Å². The van der Waals surface area contributed by atoms with Crippen LogP contribution in [0.2, 0.25) is 0 Å². The number of hydrogen-bond donors (Lipinski definition) is 1. The molecule has 2 aromatic heterocycles. The third kappa shape index (κ3) is 2.81. The van der Waals surface area contributed by atoms with E-state index in [0.29, 0.717) is 12.4 Å². The lowest BCUT2D eigenvalue weighted by atomic mass is 10.1. The number of aryl methyl sites for hydroxylation is 1. The molecule has 124 valence electrons. The molecule has 2 heterocycles. The fourth-order valence-electron chi connectivity index (χ4n) is 3.07. The van der Waals surface area contributed by atoms with Gasteiger partial charge in [0, 0.05) is 21.6 Å². The third-order valence-corrected chi connectivity index (χ3v) is 5.04. The molecule has 0 bridgehead atoms. The van der Waals surface area contributed by atoms with E-state index in [0.717, 1.165) is 32.5 Å². The molecule has 0 atom stereocenters. The van der Waals surface area contributed by atoms with Gasteiger partial charge >= 0.3 is 0 Å². The van der Waals surface area contributed by atoms with Crippen molar-refractivity contribution in [3.05, 3.63) is 76.7 Å². The van der Waals surface area contributed by atoms with Crippen LogP contribution < -0.4 is 5.73 Å². The van der Waals surface area contributed by atoms with Crippen molar-refractivity contribution in [2.24, 2.45) is 0 Å². The molecule has 2 aromatic carbocycles. The van der Waals surface area contributed by atoms with Crippen molar-refractivity contribution in [1.82, 2.24) is 14.5 Å². The van der Waals surface area contributed by atoms with Crippen molar-refractivity contribution in [3.63, 3.8) is 0 Å². The number of nitrogens with two attached hydrogens (primary N) is 1. The number of pyridine rings is 1. The second kappa shape index (κ2) is 6.33. The number of hydrogen-bond acceptors (Lipinski definition) is 3. The lowest BCUT2D eigenvalue weighted by Crippen LogP contribution is -2.06. The number of nitrogen functional groups attached to an aromatic ring is 1. The molecular weight excluding hydrogens is 376 g/mol. The van der Waals surface area contributed by atoms with E-state index in [9.17, 15) is 0 Å². The number of anilines is 1. The molecule has 0 fully saturated rings. The van der Waals surface area contributed by atoms with Gasteiger partial charge in [-0.2, -0.15) is 0 Å². The lowest BCUT2D eigenvalue weighted by Gasteiger charge is -2.09. The quantitative estimate of drug-likeness (QED) is 0.544. The van der Waals surface area contributed by atoms with Gasteiger partial charge in [0.05, 0.1) is 12.1 Å². The van der Waals surface area contributed by atoms with E-state index < -0.39 is 0 Å². The second-order valence-electron chi connectivity index (χ2n) is 5.96. The Labute approximate surface area is 154 Å². The molecule has 25 heavy (non-hydrogen) atoms. The Bertz CT molecular complexity index is 1050. The highest BCUT2D eigenvalue weighted by Gasteiger charge is 2.17. The summed E-state index contributed by atoms with van der Waals surface area (Å²) in [5.74, 6) is 1.55. The number of nitrogens with zero attached hydrogens (tertiary/aromatic N) is 3. The van der Waals surface area contributed by atoms with Crippen LogP contribution in [0.25, 0.3) is 22.2 Å². The van der Waals surface area contributed by atoms with E-state index in [-0.39, 0.29) is 0 Å². The third-order valence-electron chi connectivity index (χ3n) is 4.35. The topological polar surface area (TPSA) is 56.7 Å². The predicted octanol–water partition coefficient (Wildman–Crippen LogP) is 4.80. The molecule has 0 saturated carbocycles. The fraction of sp³-hybridized carbons (Fsp3) is 0.100. The first-order chi connectivity index (χ1) is 12.1. The average molecular weight is 393 g/mol. The summed E-state index contributed by atoms with van der Waals surface area (Å²) in [6, 6.07) is 18.3. The number of imidazole rings is 1. The summed E-state index contributed by atoms with van der Waals surface area (Å²) in [6.45, 7) is 2.69. The van der Waals surface area contributed by atoms with Gasteiger partial charge in [-0.1, -0.05) is 52.3 Å². The zero-order valence-corrected chi connectivity index (χ0v) is 15.4. The number of rotatable bonds is 3. The van der Waals surface area contributed by atoms with E-state index in [4.69, 9.17) is 10.7 Å². The van der Waals surface area contributed by atoms with Crippen molar-refractivity contribution in [2.45, 2.75) is 13.5 Å². The summed E-state index contributed by atoms with van der Waals surface area (Å²) in [5.41, 5.74) is 10.3. The maximum Gasteiger partial charge on any atom is 0.132 e. The second-order valence-corrected chi connectivity index (χ2v) is 6.81. The zero-order chi connectivity index (χ0) is 17.4. The summed E-state index contributed by atoms with van der Waals surface area (Å²) in [7, 11) is 0. The summed E-state index contributed by atoms with van der Waals surface area (Å²) in [4.78, 5) is 9.29. The maximum absolute atomic E-state index is 6.47. The minimum atomic E-state index is 0.663. The number of halogens is 1. The van der Waals surface area contributed by atoms with Crippen LogP contribution in [0.1, 0.15) is 11.4 Å². The normalized spacial score (nSPS) is 11.1. The minimum Gasteiger partial charge on any atom is -0.383 e. The highest BCUT2D eigenvalue weighted by atomic mass is 79.9. The van der Waals surface area contributed by atoms with Crippen LogP contribution in [0, 0.1) is 6.92 Å². The molecule has 4 rings (SSSR count). The smallest absolute Gasteiger partial charge is 0.132 e. The Morgan fingerprint density at radius 3 is 2.64 bits per heavy atom. The monoisotopic (exact) mass is 392 g/mol. The molecule has 0 amide bonds. The van der Waals surface area contributed by atoms with Gasteiger partial charge in [0.15, 0.2) is 0 Å². The lowest BCUT2D eigenvalue weighted by molar-refractivity contribution is 0.771. The van der Waals surface area contributed by atoms with E-state index in [1.807, 2.05) is 54.0 Å². The van der Waals surface area contributed by atoms with Gasteiger partial charge in [0.1, 0.15) is 17.3 Å². The van der Waals surface area contributed by atoms with Crippen molar-refractivity contribution in [3.8, 4) is 11.3 Å². The van der Waals surface area contributed by atoms with Crippen LogP contribution in [0.5, 0.6) is 0 Å². The van der Waals surface area contributed by atoms with Crippen LogP contribution in [0.15, 0.2) is 65.3 Å². The fourth-order valence-corrected chi connectivity index (χ4v) is 3.53. The predicted molar refractivity (Wildman–Crippen MR) is 105 cm³/mol. The minimum absolute atomic E-state index is 0.663. The molecule has 0 aliphatic carbocycles. The molecule has 0 radical (unpaired) electrons. The Kier molecular flexibility index (Phi) is 4.01. The van der Waals surface area contributed by atoms with Gasteiger partial charge in [-0.15, -0.1) is 0 Å².